The molecule has 0 radical (unpaired) electrons. The number of nitrogens with zero attached hydrogens (tertiary/aromatic N) is 2. The maximum atomic E-state index is 12.7. The van der Waals surface area contributed by atoms with Crippen molar-refractivity contribution >= 4 is 28.5 Å². The molecule has 0 saturated carbocycles. The highest BCUT2D eigenvalue weighted by Crippen LogP contribution is 2.44. The molecule has 104 valence electrons. The first-order chi connectivity index (χ1) is 10.3. The molecule has 5 rings (SSSR count). The first-order valence-electron chi connectivity index (χ1n) is 7.16. The molecule has 5 heteroatoms. The first kappa shape index (κ1) is 11.1. The van der Waals surface area contributed by atoms with E-state index in [0.29, 0.717) is 5.69 Å². The van der Waals surface area contributed by atoms with Crippen molar-refractivity contribution in [1.82, 2.24) is 9.88 Å². The predicted octanol–water partition coefficient (Wildman–Crippen LogP) is 2.26. The van der Waals surface area contributed by atoms with Crippen LogP contribution in [0.2, 0.25) is 0 Å². The molecule has 0 spiro atoms. The van der Waals surface area contributed by atoms with Crippen molar-refractivity contribution in [1.29, 1.82) is 0 Å². The molecule has 5 nitrogen and oxygen atoms in total. The summed E-state index contributed by atoms with van der Waals surface area (Å²) in [6.45, 7) is 0. The van der Waals surface area contributed by atoms with E-state index < -0.39 is 0 Å². The fourth-order valence-electron chi connectivity index (χ4n) is 3.93. The zero-order valence-corrected chi connectivity index (χ0v) is 11.2. The molecule has 1 N–H and O–H groups in total. The van der Waals surface area contributed by atoms with Crippen molar-refractivity contribution in [3.8, 4) is 0 Å². The van der Waals surface area contributed by atoms with Crippen LogP contribution in [-0.2, 0) is 4.79 Å². The summed E-state index contributed by atoms with van der Waals surface area (Å²) < 4.78 is 0. The highest BCUT2D eigenvalue weighted by Gasteiger charge is 2.57. The molecule has 1 aromatic heterocycles. The van der Waals surface area contributed by atoms with Crippen LogP contribution in [0.1, 0.15) is 6.42 Å². The Morgan fingerprint density at radius 1 is 1.14 bits per heavy atom. The van der Waals surface area contributed by atoms with E-state index in [1.165, 1.54) is 4.90 Å². The summed E-state index contributed by atoms with van der Waals surface area (Å²) in [4.78, 5) is 31.7. The van der Waals surface area contributed by atoms with Gasteiger partial charge < -0.3 is 9.88 Å². The van der Waals surface area contributed by atoms with E-state index in [-0.39, 0.29) is 29.9 Å². The lowest BCUT2D eigenvalue weighted by atomic mass is 10.0. The van der Waals surface area contributed by atoms with Crippen LogP contribution in [0.3, 0.4) is 0 Å². The summed E-state index contributed by atoms with van der Waals surface area (Å²) in [6.07, 6.45) is 6.77. The van der Waals surface area contributed by atoms with Crippen LogP contribution < -0.4 is 4.90 Å². The van der Waals surface area contributed by atoms with Gasteiger partial charge in [-0.3, -0.25) is 4.79 Å². The smallest absolute Gasteiger partial charge is 0.332 e. The van der Waals surface area contributed by atoms with E-state index in [9.17, 15) is 9.59 Å². The Balaban J connectivity index is 1.65. The minimum absolute atomic E-state index is 0.0895. The summed E-state index contributed by atoms with van der Waals surface area (Å²) in [5.41, 5.74) is 1.59. The number of fused-ring (bicyclic) bond motifs is 6. The number of aromatic nitrogens is 1. The summed E-state index contributed by atoms with van der Waals surface area (Å²) in [5.74, 6) is 0.0864. The minimum Gasteiger partial charge on any atom is -0.359 e. The molecular weight excluding hydrogens is 266 g/mol. The second kappa shape index (κ2) is 3.55. The molecule has 21 heavy (non-hydrogen) atoms. The number of H-pyrrole nitrogens is 1. The van der Waals surface area contributed by atoms with Crippen LogP contribution >= 0.6 is 0 Å². The Kier molecular flexibility index (Phi) is 1.88. The Morgan fingerprint density at radius 2 is 2.00 bits per heavy atom. The number of carbonyl (C=O) groups excluding carboxylic acids is 2. The van der Waals surface area contributed by atoms with Crippen LogP contribution in [-0.4, -0.2) is 33.9 Å². The maximum Gasteiger partial charge on any atom is 0.332 e. The lowest BCUT2D eigenvalue weighted by Crippen LogP contribution is -2.38. The first-order valence-corrected chi connectivity index (χ1v) is 7.16. The molecule has 1 aliphatic carbocycles. The molecule has 3 amide bonds. The second-order valence-corrected chi connectivity index (χ2v) is 5.88. The molecule has 3 aliphatic rings. The lowest BCUT2D eigenvalue weighted by molar-refractivity contribution is -0.119. The van der Waals surface area contributed by atoms with Crippen LogP contribution in [0.5, 0.6) is 0 Å². The average molecular weight is 279 g/mol. The monoisotopic (exact) mass is 279 g/mol. The topological polar surface area (TPSA) is 56.4 Å². The van der Waals surface area contributed by atoms with E-state index in [0.717, 1.165) is 17.3 Å². The highest BCUT2D eigenvalue weighted by molar-refractivity contribution is 6.25. The molecule has 2 fully saturated rings. The van der Waals surface area contributed by atoms with Gasteiger partial charge in [0.2, 0.25) is 0 Å². The third kappa shape index (κ3) is 1.22. The number of imide groups is 1. The third-order valence-corrected chi connectivity index (χ3v) is 4.85. The molecule has 3 heterocycles. The zero-order valence-electron chi connectivity index (χ0n) is 11.2. The van der Waals surface area contributed by atoms with Crippen molar-refractivity contribution in [2.45, 2.75) is 18.5 Å². The number of carbonyl (C=O) groups is 2. The lowest BCUT2D eigenvalue weighted by Gasteiger charge is -2.22. The fraction of sp³-hybridized carbons (Fsp3) is 0.250. The van der Waals surface area contributed by atoms with Crippen molar-refractivity contribution in [3.63, 3.8) is 0 Å². The number of rotatable bonds is 1. The van der Waals surface area contributed by atoms with Crippen LogP contribution in [0.4, 0.5) is 10.5 Å². The molecule has 3 atom stereocenters. The summed E-state index contributed by atoms with van der Waals surface area (Å²) in [6, 6.07) is 7.31. The molecule has 2 aromatic rings. The van der Waals surface area contributed by atoms with Gasteiger partial charge in [-0.05, 0) is 12.5 Å². The number of amides is 3. The number of urea groups is 1. The van der Waals surface area contributed by atoms with Crippen LogP contribution in [0.25, 0.3) is 10.9 Å². The molecule has 2 saturated heterocycles. The van der Waals surface area contributed by atoms with Crippen molar-refractivity contribution in [2.75, 3.05) is 4.90 Å². The molecule has 2 bridgehead atoms. The van der Waals surface area contributed by atoms with E-state index in [1.807, 2.05) is 30.3 Å². The number of para-hydroxylation sites is 1. The van der Waals surface area contributed by atoms with E-state index >= 15 is 0 Å². The number of hydrogen-bond acceptors (Lipinski definition) is 2. The molecular formula is C16H13N3O2. The van der Waals surface area contributed by atoms with E-state index in [2.05, 4.69) is 11.1 Å². The third-order valence-electron chi connectivity index (χ3n) is 4.85. The van der Waals surface area contributed by atoms with Gasteiger partial charge in [-0.25, -0.2) is 9.69 Å². The zero-order chi connectivity index (χ0) is 14.1. The number of anilines is 1. The summed E-state index contributed by atoms with van der Waals surface area (Å²) in [7, 11) is 0. The maximum absolute atomic E-state index is 12.7. The van der Waals surface area contributed by atoms with Gasteiger partial charge in [0.05, 0.1) is 11.7 Å². The average Bonchev–Trinajstić information content (AvgIpc) is 3.23. The van der Waals surface area contributed by atoms with Gasteiger partial charge >= 0.3 is 6.03 Å². The Bertz CT molecular complexity index is 792. The number of hydrogen-bond donors (Lipinski definition) is 1. The van der Waals surface area contributed by atoms with Crippen LogP contribution in [0, 0.1) is 5.92 Å². The molecule has 1 aromatic carbocycles. The normalized spacial score (nSPS) is 30.0. The van der Waals surface area contributed by atoms with E-state index in [1.54, 1.807) is 11.1 Å². The van der Waals surface area contributed by atoms with Crippen molar-refractivity contribution in [2.24, 2.45) is 5.92 Å². The Morgan fingerprint density at radius 3 is 2.86 bits per heavy atom. The standard InChI is InChI=1S/C16H13N3O2/c20-15-14-9-5-6-10(7-9)18(14)16(21)19(15)13-8-17-12-4-2-1-3-11(12)13/h1-6,8-10,14,17H,7H2/t9?,10?,14-/m1/s1. The van der Waals surface area contributed by atoms with Gasteiger partial charge in [-0.15, -0.1) is 0 Å². The van der Waals surface area contributed by atoms with Gasteiger partial charge in [0.1, 0.15) is 6.04 Å². The Labute approximate surface area is 120 Å². The Hall–Kier alpha value is -2.56. The van der Waals surface area contributed by atoms with Crippen molar-refractivity contribution in [3.05, 3.63) is 42.6 Å². The van der Waals surface area contributed by atoms with Gasteiger partial charge in [0, 0.05) is 23.0 Å². The number of aromatic amines is 1. The molecule has 2 unspecified atom stereocenters. The van der Waals surface area contributed by atoms with E-state index in [4.69, 9.17) is 0 Å². The minimum atomic E-state index is -0.304. The van der Waals surface area contributed by atoms with Gasteiger partial charge in [0.15, 0.2) is 0 Å². The second-order valence-electron chi connectivity index (χ2n) is 5.88. The SMILES string of the molecule is O=C1[C@H]2C3C=CC(C3)N2C(=O)N1c1c[nH]c2ccccc12. The molecule has 2 aliphatic heterocycles. The van der Waals surface area contributed by atoms with Gasteiger partial charge in [-0.1, -0.05) is 30.4 Å². The quantitative estimate of drug-likeness (QED) is 0.643. The highest BCUT2D eigenvalue weighted by atomic mass is 16.2. The largest absolute Gasteiger partial charge is 0.359 e. The van der Waals surface area contributed by atoms with Gasteiger partial charge in [0.25, 0.3) is 5.91 Å². The van der Waals surface area contributed by atoms with Crippen LogP contribution in [0.15, 0.2) is 42.6 Å². The van der Waals surface area contributed by atoms with Crippen molar-refractivity contribution < 1.29 is 9.59 Å². The number of nitrogens with one attached hydrogen (secondary N) is 1. The number of benzene rings is 1. The summed E-state index contributed by atoms with van der Waals surface area (Å²) >= 11 is 0. The predicted molar refractivity (Wildman–Crippen MR) is 77.8 cm³/mol. The van der Waals surface area contributed by atoms with Gasteiger partial charge in [-0.2, -0.15) is 0 Å². The fourth-order valence-corrected chi connectivity index (χ4v) is 3.93. The summed E-state index contributed by atoms with van der Waals surface area (Å²) in [5, 5.41) is 0.903.